The highest BCUT2D eigenvalue weighted by atomic mass is 16.5. The van der Waals surface area contributed by atoms with E-state index < -0.39 is 0 Å². The van der Waals surface area contributed by atoms with E-state index in [2.05, 4.69) is 11.4 Å². The number of allylic oxidation sites excluding steroid dienone is 1. The van der Waals surface area contributed by atoms with Crippen molar-refractivity contribution in [2.45, 2.75) is 57.6 Å². The van der Waals surface area contributed by atoms with Gasteiger partial charge in [0.2, 0.25) is 0 Å². The lowest BCUT2D eigenvalue weighted by molar-refractivity contribution is -0.138. The Morgan fingerprint density at radius 3 is 2.40 bits per heavy atom. The van der Waals surface area contributed by atoms with Crippen LogP contribution >= 0.6 is 0 Å². The average Bonchev–Trinajstić information content (AvgIpc) is 2.88. The summed E-state index contributed by atoms with van der Waals surface area (Å²) in [6.45, 7) is 0.259. The maximum atomic E-state index is 13.5. The van der Waals surface area contributed by atoms with Crippen molar-refractivity contribution in [2.75, 3.05) is 0 Å². The lowest BCUT2D eigenvalue weighted by atomic mass is 9.54. The number of carbonyl (C=O) groups excluding carboxylic acids is 2. The lowest BCUT2D eigenvalue weighted by Crippen LogP contribution is -2.56. The van der Waals surface area contributed by atoms with Gasteiger partial charge in [0.1, 0.15) is 6.61 Å². The van der Waals surface area contributed by atoms with Gasteiger partial charge in [0, 0.05) is 17.7 Å². The average molecular weight is 468 g/mol. The standard InChI is InChI=1S/C31H33NO3/c33-29(35-19-20-6-2-1-3-7-20)13-12-23-8-4-10-27-26(23)9-5-11-28(27)31(34)32-30-24-15-21-14-22(17-24)18-25(30)16-21/h1-4,6-8,10-13,21-22,24-25,30H,5,9,14-19H2,(H,32,34). The van der Waals surface area contributed by atoms with E-state index in [0.717, 1.165) is 52.5 Å². The van der Waals surface area contributed by atoms with E-state index >= 15 is 0 Å². The van der Waals surface area contributed by atoms with Crippen molar-refractivity contribution in [1.82, 2.24) is 5.32 Å². The number of amides is 1. The summed E-state index contributed by atoms with van der Waals surface area (Å²) in [7, 11) is 0. The zero-order chi connectivity index (χ0) is 23.8. The fourth-order valence-corrected chi connectivity index (χ4v) is 7.30. The van der Waals surface area contributed by atoms with E-state index in [4.69, 9.17) is 4.74 Å². The summed E-state index contributed by atoms with van der Waals surface area (Å²) < 4.78 is 5.38. The molecule has 0 radical (unpaired) electrons. The highest BCUT2D eigenvalue weighted by molar-refractivity contribution is 6.20. The second-order valence-electron chi connectivity index (χ2n) is 10.9. The SMILES string of the molecule is O=C(C=Cc1cccc2c1CCC=C2C(=O)NC1C2CC3CC(C2)CC1C3)OCc1ccccc1. The molecule has 0 saturated heterocycles. The first-order valence-electron chi connectivity index (χ1n) is 13.2. The van der Waals surface area contributed by atoms with Crippen LogP contribution in [0.4, 0.5) is 0 Å². The number of fused-ring (bicyclic) bond motifs is 1. The molecular weight excluding hydrogens is 434 g/mol. The van der Waals surface area contributed by atoms with Crippen LogP contribution in [0.1, 0.15) is 60.8 Å². The van der Waals surface area contributed by atoms with Crippen LogP contribution in [0.2, 0.25) is 0 Å². The number of esters is 1. The molecule has 0 atom stereocenters. The lowest BCUT2D eigenvalue weighted by Gasteiger charge is -2.54. The molecule has 4 nitrogen and oxygen atoms in total. The van der Waals surface area contributed by atoms with Crippen LogP contribution in [0.5, 0.6) is 0 Å². The van der Waals surface area contributed by atoms with Crippen LogP contribution in [0, 0.1) is 23.7 Å². The van der Waals surface area contributed by atoms with Crippen molar-refractivity contribution in [2.24, 2.45) is 23.7 Å². The maximum absolute atomic E-state index is 13.5. The number of ether oxygens (including phenoxy) is 1. The molecule has 5 aliphatic rings. The summed E-state index contributed by atoms with van der Waals surface area (Å²) in [5, 5.41) is 3.48. The van der Waals surface area contributed by atoms with E-state index in [1.807, 2.05) is 54.6 Å². The summed E-state index contributed by atoms with van der Waals surface area (Å²) in [4.78, 5) is 25.8. The van der Waals surface area contributed by atoms with Crippen molar-refractivity contribution in [3.63, 3.8) is 0 Å². The van der Waals surface area contributed by atoms with E-state index in [0.29, 0.717) is 17.9 Å². The Hall–Kier alpha value is -3.14. The van der Waals surface area contributed by atoms with E-state index in [1.165, 1.54) is 38.2 Å². The zero-order valence-electron chi connectivity index (χ0n) is 20.1. The third-order valence-corrected chi connectivity index (χ3v) is 8.64. The van der Waals surface area contributed by atoms with Gasteiger partial charge in [-0.2, -0.15) is 0 Å². The molecule has 4 bridgehead atoms. The van der Waals surface area contributed by atoms with Crippen molar-refractivity contribution >= 4 is 23.5 Å². The van der Waals surface area contributed by atoms with Gasteiger partial charge in [-0.15, -0.1) is 0 Å². The Balaban J connectivity index is 1.14. The molecule has 4 heteroatoms. The van der Waals surface area contributed by atoms with Crippen LogP contribution in [0.15, 0.2) is 60.7 Å². The smallest absolute Gasteiger partial charge is 0.331 e. The number of benzene rings is 2. The van der Waals surface area contributed by atoms with Crippen LogP contribution in [0.25, 0.3) is 11.6 Å². The van der Waals surface area contributed by atoms with Crippen LogP contribution in [-0.2, 0) is 27.4 Å². The Labute approximate surface area is 207 Å². The molecule has 1 N–H and O–H groups in total. The van der Waals surface area contributed by atoms with Gasteiger partial charge in [0.05, 0.1) is 0 Å². The molecule has 180 valence electrons. The number of rotatable bonds is 6. The molecule has 4 saturated carbocycles. The normalized spacial score (nSPS) is 28.5. The van der Waals surface area contributed by atoms with Gasteiger partial charge in [0.15, 0.2) is 0 Å². The molecule has 2 aromatic rings. The van der Waals surface area contributed by atoms with Crippen molar-refractivity contribution in [1.29, 1.82) is 0 Å². The topological polar surface area (TPSA) is 55.4 Å². The first-order valence-corrected chi connectivity index (χ1v) is 13.2. The minimum Gasteiger partial charge on any atom is -0.458 e. The molecule has 0 unspecified atom stereocenters. The van der Waals surface area contributed by atoms with Gasteiger partial charge >= 0.3 is 5.97 Å². The van der Waals surface area contributed by atoms with E-state index in [1.54, 1.807) is 0 Å². The fraction of sp³-hybridized carbons (Fsp3) is 0.419. The molecule has 0 spiro atoms. The van der Waals surface area contributed by atoms with Gasteiger partial charge < -0.3 is 10.1 Å². The number of hydrogen-bond acceptors (Lipinski definition) is 3. The van der Waals surface area contributed by atoms with Crippen LogP contribution in [0.3, 0.4) is 0 Å². The third-order valence-electron chi connectivity index (χ3n) is 8.64. The van der Waals surface area contributed by atoms with Crippen molar-refractivity contribution < 1.29 is 14.3 Å². The highest BCUT2D eigenvalue weighted by Gasteiger charge is 2.48. The Morgan fingerprint density at radius 2 is 1.66 bits per heavy atom. The van der Waals surface area contributed by atoms with Crippen LogP contribution in [-0.4, -0.2) is 17.9 Å². The molecule has 35 heavy (non-hydrogen) atoms. The molecule has 0 aliphatic heterocycles. The van der Waals surface area contributed by atoms with Gasteiger partial charge in [-0.05, 0) is 96.9 Å². The second-order valence-corrected chi connectivity index (χ2v) is 10.9. The summed E-state index contributed by atoms with van der Waals surface area (Å²) in [6.07, 6.45) is 13.7. The largest absolute Gasteiger partial charge is 0.458 e. The first-order chi connectivity index (χ1) is 17.1. The Bertz CT molecular complexity index is 1150. The molecule has 0 aromatic heterocycles. The molecule has 1 amide bonds. The number of nitrogens with one attached hydrogen (secondary N) is 1. The summed E-state index contributed by atoms with van der Waals surface area (Å²) in [6, 6.07) is 16.0. The number of carbonyl (C=O) groups is 2. The maximum Gasteiger partial charge on any atom is 0.331 e. The van der Waals surface area contributed by atoms with Gasteiger partial charge in [-0.3, -0.25) is 4.79 Å². The predicted octanol–water partition coefficient (Wildman–Crippen LogP) is 5.71. The van der Waals surface area contributed by atoms with Crippen molar-refractivity contribution in [3.8, 4) is 0 Å². The first kappa shape index (κ1) is 22.3. The molecule has 5 aliphatic carbocycles. The molecule has 2 aromatic carbocycles. The molecule has 0 heterocycles. The molecular formula is C31H33NO3. The minimum atomic E-state index is -0.363. The fourth-order valence-electron chi connectivity index (χ4n) is 7.30. The van der Waals surface area contributed by atoms with Gasteiger partial charge in [0.25, 0.3) is 5.91 Å². The van der Waals surface area contributed by atoms with Gasteiger partial charge in [-0.25, -0.2) is 4.79 Å². The summed E-state index contributed by atoms with van der Waals surface area (Å²) in [5.41, 5.74) is 4.87. The predicted molar refractivity (Wildman–Crippen MR) is 137 cm³/mol. The monoisotopic (exact) mass is 467 g/mol. The molecule has 4 fully saturated rings. The molecule has 7 rings (SSSR count). The summed E-state index contributed by atoms with van der Waals surface area (Å²) in [5.74, 6) is 2.83. The summed E-state index contributed by atoms with van der Waals surface area (Å²) >= 11 is 0. The second kappa shape index (κ2) is 9.49. The van der Waals surface area contributed by atoms with E-state index in [9.17, 15) is 9.59 Å². The minimum absolute atomic E-state index is 0.0758. The van der Waals surface area contributed by atoms with E-state index in [-0.39, 0.29) is 18.5 Å². The van der Waals surface area contributed by atoms with Crippen molar-refractivity contribution in [3.05, 3.63) is 82.9 Å². The quantitative estimate of drug-likeness (QED) is 0.437. The third kappa shape index (κ3) is 4.59. The zero-order valence-corrected chi connectivity index (χ0v) is 20.1. The Morgan fingerprint density at radius 1 is 0.914 bits per heavy atom. The highest BCUT2D eigenvalue weighted by Crippen LogP contribution is 2.53. The van der Waals surface area contributed by atoms with Gasteiger partial charge in [-0.1, -0.05) is 54.6 Å². The Kier molecular flexibility index (Phi) is 6.05. The van der Waals surface area contributed by atoms with Crippen LogP contribution < -0.4 is 5.32 Å². The number of hydrogen-bond donors (Lipinski definition) is 1.